The fourth-order valence-corrected chi connectivity index (χ4v) is 1.84. The normalized spacial score (nSPS) is 10.4. The van der Waals surface area contributed by atoms with Gasteiger partial charge in [-0.25, -0.2) is 9.78 Å². The summed E-state index contributed by atoms with van der Waals surface area (Å²) in [5.74, 6) is -0.131. The molecule has 0 amide bonds. The Morgan fingerprint density at radius 2 is 2.32 bits per heavy atom. The van der Waals surface area contributed by atoms with Crippen molar-refractivity contribution >= 4 is 17.3 Å². The third kappa shape index (κ3) is 3.04. The smallest absolute Gasteiger partial charge is 0.337 e. The zero-order valence-electron chi connectivity index (χ0n) is 10.6. The highest BCUT2D eigenvalue weighted by atomic mass is 16.4. The number of hydrogen-bond acceptors (Lipinski definition) is 4. The van der Waals surface area contributed by atoms with Crippen LogP contribution in [0.5, 0.6) is 0 Å². The van der Waals surface area contributed by atoms with Gasteiger partial charge in [0.05, 0.1) is 5.56 Å². The van der Waals surface area contributed by atoms with Crippen molar-refractivity contribution in [3.8, 4) is 0 Å². The van der Waals surface area contributed by atoms with Gasteiger partial charge in [0.2, 0.25) is 0 Å². The van der Waals surface area contributed by atoms with Gasteiger partial charge in [-0.3, -0.25) is 0 Å². The number of aromatic carboxylic acids is 1. The fraction of sp³-hybridized carbons (Fsp3) is 0.231. The summed E-state index contributed by atoms with van der Waals surface area (Å²) in [6.45, 7) is 2.45. The van der Waals surface area contributed by atoms with E-state index in [0.29, 0.717) is 12.2 Å². The quantitative estimate of drug-likeness (QED) is 0.612. The van der Waals surface area contributed by atoms with Crippen LogP contribution in [0.1, 0.15) is 21.7 Å². The van der Waals surface area contributed by atoms with Gasteiger partial charge < -0.3 is 21.1 Å². The topological polar surface area (TPSA) is 104 Å². The van der Waals surface area contributed by atoms with Crippen molar-refractivity contribution in [2.75, 3.05) is 17.6 Å². The molecule has 2 rings (SSSR count). The molecule has 2 aromatic rings. The molecule has 0 saturated heterocycles. The first-order valence-electron chi connectivity index (χ1n) is 5.93. The Morgan fingerprint density at radius 1 is 1.53 bits per heavy atom. The van der Waals surface area contributed by atoms with Crippen molar-refractivity contribution in [1.29, 1.82) is 0 Å². The largest absolute Gasteiger partial charge is 0.478 e. The molecule has 0 aliphatic rings. The van der Waals surface area contributed by atoms with Crippen LogP contribution in [0.4, 0.5) is 11.4 Å². The predicted molar refractivity (Wildman–Crippen MR) is 73.3 cm³/mol. The molecule has 0 radical (unpaired) electrons. The molecular weight excluding hydrogens is 244 g/mol. The van der Waals surface area contributed by atoms with Crippen molar-refractivity contribution < 1.29 is 9.90 Å². The van der Waals surface area contributed by atoms with Gasteiger partial charge >= 0.3 is 5.97 Å². The van der Waals surface area contributed by atoms with Crippen LogP contribution in [-0.2, 0) is 6.42 Å². The van der Waals surface area contributed by atoms with Crippen LogP contribution >= 0.6 is 0 Å². The number of nitrogens with zero attached hydrogens (tertiary/aromatic N) is 1. The van der Waals surface area contributed by atoms with Crippen molar-refractivity contribution in [2.24, 2.45) is 0 Å². The molecule has 0 spiro atoms. The van der Waals surface area contributed by atoms with Crippen LogP contribution in [0.25, 0.3) is 0 Å². The maximum Gasteiger partial charge on any atom is 0.337 e. The number of benzene rings is 1. The standard InChI is InChI=1S/C13H16N4O2/c1-8-6-9(7-10(12(8)14)13(18)19)15-3-2-11-16-4-5-17-11/h4-7,15H,2-3,14H2,1H3,(H,16,17)(H,18,19). The Labute approximate surface area is 110 Å². The van der Waals surface area contributed by atoms with Crippen LogP contribution in [-0.4, -0.2) is 27.6 Å². The summed E-state index contributed by atoms with van der Waals surface area (Å²) in [5, 5.41) is 12.2. The van der Waals surface area contributed by atoms with E-state index in [2.05, 4.69) is 15.3 Å². The lowest BCUT2D eigenvalue weighted by molar-refractivity contribution is 0.0698. The number of imidazole rings is 1. The molecule has 100 valence electrons. The molecular formula is C13H16N4O2. The van der Waals surface area contributed by atoms with Gasteiger partial charge in [0.25, 0.3) is 0 Å². The monoisotopic (exact) mass is 260 g/mol. The molecule has 0 aliphatic heterocycles. The number of carboxylic acid groups (broad SMARTS) is 1. The van der Waals surface area contributed by atoms with Gasteiger partial charge in [0, 0.05) is 36.7 Å². The van der Waals surface area contributed by atoms with Gasteiger partial charge in [0.15, 0.2) is 0 Å². The van der Waals surface area contributed by atoms with Crippen LogP contribution in [0.3, 0.4) is 0 Å². The molecule has 19 heavy (non-hydrogen) atoms. The average molecular weight is 260 g/mol. The van der Waals surface area contributed by atoms with Crippen LogP contribution < -0.4 is 11.1 Å². The van der Waals surface area contributed by atoms with Gasteiger partial charge in [-0.1, -0.05) is 0 Å². The number of aryl methyl sites for hydroxylation is 1. The number of carboxylic acids is 1. The number of rotatable bonds is 5. The molecule has 1 aromatic carbocycles. The van der Waals surface area contributed by atoms with E-state index >= 15 is 0 Å². The summed E-state index contributed by atoms with van der Waals surface area (Å²) in [6.07, 6.45) is 4.20. The Kier molecular flexibility index (Phi) is 3.70. The first-order chi connectivity index (χ1) is 9.08. The number of hydrogen-bond donors (Lipinski definition) is 4. The number of nitrogens with one attached hydrogen (secondary N) is 2. The highest BCUT2D eigenvalue weighted by Gasteiger charge is 2.11. The van der Waals surface area contributed by atoms with Crippen molar-refractivity contribution in [2.45, 2.75) is 13.3 Å². The SMILES string of the molecule is Cc1cc(NCCc2ncc[nH]2)cc(C(=O)O)c1N. The number of carbonyl (C=O) groups is 1. The van der Waals surface area contributed by atoms with Gasteiger partial charge in [-0.15, -0.1) is 0 Å². The maximum atomic E-state index is 11.1. The second-order valence-corrected chi connectivity index (χ2v) is 4.27. The number of nitrogen functional groups attached to an aromatic ring is 1. The summed E-state index contributed by atoms with van der Waals surface area (Å²) in [7, 11) is 0. The summed E-state index contributed by atoms with van der Waals surface area (Å²) in [6, 6.07) is 3.39. The number of aromatic amines is 1. The highest BCUT2D eigenvalue weighted by Crippen LogP contribution is 2.22. The van der Waals surface area contributed by atoms with E-state index in [1.54, 1.807) is 25.4 Å². The second-order valence-electron chi connectivity index (χ2n) is 4.27. The van der Waals surface area contributed by atoms with Crippen molar-refractivity contribution in [3.63, 3.8) is 0 Å². The lowest BCUT2D eigenvalue weighted by atomic mass is 10.1. The van der Waals surface area contributed by atoms with Crippen LogP contribution in [0.2, 0.25) is 0 Å². The summed E-state index contributed by atoms with van der Waals surface area (Å²) >= 11 is 0. The van der Waals surface area contributed by atoms with E-state index in [4.69, 9.17) is 10.8 Å². The molecule has 6 heteroatoms. The zero-order valence-corrected chi connectivity index (χ0v) is 10.6. The van der Waals surface area contributed by atoms with Gasteiger partial charge in [-0.2, -0.15) is 0 Å². The Balaban J connectivity index is 2.06. The minimum Gasteiger partial charge on any atom is -0.478 e. The molecule has 0 bridgehead atoms. The van der Waals surface area contributed by atoms with E-state index < -0.39 is 5.97 Å². The second kappa shape index (κ2) is 5.43. The third-order valence-electron chi connectivity index (χ3n) is 2.86. The lowest BCUT2D eigenvalue weighted by Crippen LogP contribution is -2.09. The predicted octanol–water partition coefficient (Wildman–Crippen LogP) is 1.65. The molecule has 1 heterocycles. The van der Waals surface area contributed by atoms with E-state index in [0.717, 1.165) is 23.5 Å². The average Bonchev–Trinajstić information content (AvgIpc) is 2.86. The van der Waals surface area contributed by atoms with Crippen LogP contribution in [0, 0.1) is 6.92 Å². The Hall–Kier alpha value is -2.50. The molecule has 5 N–H and O–H groups in total. The summed E-state index contributed by atoms with van der Waals surface area (Å²) < 4.78 is 0. The maximum absolute atomic E-state index is 11.1. The number of H-pyrrole nitrogens is 1. The molecule has 1 aromatic heterocycles. The van der Waals surface area contributed by atoms with E-state index in [1.807, 2.05) is 6.07 Å². The molecule has 0 unspecified atom stereocenters. The van der Waals surface area contributed by atoms with E-state index in [9.17, 15) is 4.79 Å². The van der Waals surface area contributed by atoms with Crippen molar-refractivity contribution in [3.05, 3.63) is 41.5 Å². The Bertz CT molecular complexity index is 579. The first kappa shape index (κ1) is 12.9. The summed E-state index contributed by atoms with van der Waals surface area (Å²) in [4.78, 5) is 18.2. The van der Waals surface area contributed by atoms with Gasteiger partial charge in [-0.05, 0) is 24.6 Å². The Morgan fingerprint density at radius 3 is 2.95 bits per heavy atom. The number of nitrogens with two attached hydrogens (primary N) is 1. The lowest BCUT2D eigenvalue weighted by Gasteiger charge is -2.10. The molecule has 0 atom stereocenters. The number of aromatic nitrogens is 2. The zero-order chi connectivity index (χ0) is 13.8. The van der Waals surface area contributed by atoms with Crippen LogP contribution in [0.15, 0.2) is 24.5 Å². The number of anilines is 2. The van der Waals surface area contributed by atoms with Gasteiger partial charge in [0.1, 0.15) is 5.82 Å². The fourth-order valence-electron chi connectivity index (χ4n) is 1.84. The molecule has 0 saturated carbocycles. The molecule has 0 aliphatic carbocycles. The molecule has 6 nitrogen and oxygen atoms in total. The van der Waals surface area contributed by atoms with E-state index in [1.165, 1.54) is 0 Å². The summed E-state index contributed by atoms with van der Waals surface area (Å²) in [5.41, 5.74) is 7.67. The third-order valence-corrected chi connectivity index (χ3v) is 2.86. The minimum atomic E-state index is -1.02. The minimum absolute atomic E-state index is 0.125. The molecule has 0 fully saturated rings. The highest BCUT2D eigenvalue weighted by molar-refractivity contribution is 5.95. The van der Waals surface area contributed by atoms with Crippen molar-refractivity contribution in [1.82, 2.24) is 9.97 Å². The van der Waals surface area contributed by atoms with E-state index in [-0.39, 0.29) is 5.56 Å². The first-order valence-corrected chi connectivity index (χ1v) is 5.93.